The molecule has 1 atom stereocenters. The molecule has 4 rings (SSSR count). The second-order valence-corrected chi connectivity index (χ2v) is 6.64. The molecule has 0 radical (unpaired) electrons. The SMILES string of the molecule is COc1ccccc1C1=NN(c2ccc(Cl)cc2)C(c2ccccc2)C1. The number of hydrazone groups is 1. The molecule has 1 aliphatic heterocycles. The summed E-state index contributed by atoms with van der Waals surface area (Å²) in [6.45, 7) is 0. The highest BCUT2D eigenvalue weighted by Crippen LogP contribution is 2.38. The highest BCUT2D eigenvalue weighted by Gasteiger charge is 2.30. The van der Waals surface area contributed by atoms with Crippen molar-refractivity contribution in [2.45, 2.75) is 12.5 Å². The number of methoxy groups -OCH3 is 1. The zero-order valence-electron chi connectivity index (χ0n) is 14.5. The van der Waals surface area contributed by atoms with Gasteiger partial charge in [-0.3, -0.25) is 5.01 Å². The van der Waals surface area contributed by atoms with Gasteiger partial charge in [-0.2, -0.15) is 5.10 Å². The quantitative estimate of drug-likeness (QED) is 0.594. The van der Waals surface area contributed by atoms with Gasteiger partial charge in [-0.15, -0.1) is 0 Å². The standard InChI is InChI=1S/C22H19ClN2O/c1-26-22-10-6-5-9-19(22)20-15-21(16-7-3-2-4-8-16)25(24-20)18-13-11-17(23)12-14-18/h2-14,21H,15H2,1H3. The molecule has 3 aromatic rings. The first-order valence-corrected chi connectivity index (χ1v) is 8.94. The minimum atomic E-state index is 0.136. The van der Waals surface area contributed by atoms with E-state index in [1.807, 2.05) is 48.5 Å². The minimum Gasteiger partial charge on any atom is -0.496 e. The van der Waals surface area contributed by atoms with E-state index < -0.39 is 0 Å². The number of para-hydroxylation sites is 1. The molecule has 1 heterocycles. The third kappa shape index (κ3) is 3.18. The van der Waals surface area contributed by atoms with E-state index in [2.05, 4.69) is 35.3 Å². The Labute approximate surface area is 158 Å². The molecule has 0 amide bonds. The summed E-state index contributed by atoms with van der Waals surface area (Å²) in [5.41, 5.74) is 4.31. The Bertz CT molecular complexity index is 922. The van der Waals surface area contributed by atoms with E-state index in [1.54, 1.807) is 7.11 Å². The molecule has 3 nitrogen and oxygen atoms in total. The van der Waals surface area contributed by atoms with Gasteiger partial charge in [-0.1, -0.05) is 54.1 Å². The Morgan fingerprint density at radius 1 is 0.923 bits per heavy atom. The maximum atomic E-state index is 6.07. The van der Waals surface area contributed by atoms with Crippen LogP contribution in [0.3, 0.4) is 0 Å². The minimum absolute atomic E-state index is 0.136. The lowest BCUT2D eigenvalue weighted by molar-refractivity contribution is 0.414. The molecule has 130 valence electrons. The number of hydrogen-bond donors (Lipinski definition) is 0. The van der Waals surface area contributed by atoms with Gasteiger partial charge in [-0.05, 0) is 42.0 Å². The summed E-state index contributed by atoms with van der Waals surface area (Å²) in [6.07, 6.45) is 0.813. The van der Waals surface area contributed by atoms with Gasteiger partial charge in [0.05, 0.1) is 24.6 Å². The number of anilines is 1. The summed E-state index contributed by atoms with van der Waals surface area (Å²) in [6, 6.07) is 26.4. The maximum Gasteiger partial charge on any atom is 0.127 e. The van der Waals surface area contributed by atoms with E-state index in [0.717, 1.165) is 34.2 Å². The van der Waals surface area contributed by atoms with Gasteiger partial charge in [-0.25, -0.2) is 0 Å². The molecular weight excluding hydrogens is 344 g/mol. The van der Waals surface area contributed by atoms with E-state index >= 15 is 0 Å². The molecule has 0 spiro atoms. The monoisotopic (exact) mass is 362 g/mol. The first-order valence-electron chi connectivity index (χ1n) is 8.57. The van der Waals surface area contributed by atoms with Crippen LogP contribution in [-0.4, -0.2) is 12.8 Å². The molecule has 0 saturated carbocycles. The number of rotatable bonds is 4. The van der Waals surface area contributed by atoms with Gasteiger partial charge in [0, 0.05) is 17.0 Å². The molecule has 0 aromatic heterocycles. The highest BCUT2D eigenvalue weighted by molar-refractivity contribution is 6.30. The van der Waals surface area contributed by atoms with Crippen LogP contribution in [0.2, 0.25) is 5.02 Å². The van der Waals surface area contributed by atoms with E-state index in [0.29, 0.717) is 0 Å². The fourth-order valence-corrected chi connectivity index (χ4v) is 3.45. The number of halogens is 1. The molecule has 0 aliphatic carbocycles. The van der Waals surface area contributed by atoms with Crippen molar-refractivity contribution in [2.75, 3.05) is 12.1 Å². The van der Waals surface area contributed by atoms with Crippen molar-refractivity contribution in [3.63, 3.8) is 0 Å². The average molecular weight is 363 g/mol. The molecule has 0 saturated heterocycles. The molecule has 3 aromatic carbocycles. The predicted octanol–water partition coefficient (Wildman–Crippen LogP) is 5.70. The Balaban J connectivity index is 1.77. The second kappa shape index (κ2) is 7.22. The zero-order valence-corrected chi connectivity index (χ0v) is 15.2. The molecule has 0 N–H and O–H groups in total. The van der Waals surface area contributed by atoms with Crippen LogP contribution in [0.4, 0.5) is 5.69 Å². The van der Waals surface area contributed by atoms with Gasteiger partial charge in [0.15, 0.2) is 0 Å². The van der Waals surface area contributed by atoms with Crippen LogP contribution in [0.1, 0.15) is 23.6 Å². The van der Waals surface area contributed by atoms with Crippen molar-refractivity contribution in [1.29, 1.82) is 0 Å². The number of benzene rings is 3. The lowest BCUT2D eigenvalue weighted by atomic mass is 9.98. The van der Waals surface area contributed by atoms with Crippen LogP contribution in [0.25, 0.3) is 0 Å². The molecule has 1 unspecified atom stereocenters. The summed E-state index contributed by atoms with van der Waals surface area (Å²) < 4.78 is 5.54. The Hall–Kier alpha value is -2.78. The fraction of sp³-hybridized carbons (Fsp3) is 0.136. The number of hydrogen-bond acceptors (Lipinski definition) is 3. The fourth-order valence-electron chi connectivity index (χ4n) is 3.32. The highest BCUT2D eigenvalue weighted by atomic mass is 35.5. The molecule has 26 heavy (non-hydrogen) atoms. The second-order valence-electron chi connectivity index (χ2n) is 6.20. The topological polar surface area (TPSA) is 24.8 Å². The number of ether oxygens (including phenoxy) is 1. The van der Waals surface area contributed by atoms with Crippen LogP contribution in [0, 0.1) is 0 Å². The predicted molar refractivity (Wildman–Crippen MR) is 107 cm³/mol. The van der Waals surface area contributed by atoms with Gasteiger partial charge >= 0.3 is 0 Å². The maximum absolute atomic E-state index is 6.07. The van der Waals surface area contributed by atoms with Crippen LogP contribution in [0.5, 0.6) is 5.75 Å². The average Bonchev–Trinajstić information content (AvgIpc) is 3.14. The van der Waals surface area contributed by atoms with Gasteiger partial charge in [0.1, 0.15) is 5.75 Å². The summed E-state index contributed by atoms with van der Waals surface area (Å²) in [4.78, 5) is 0. The lowest BCUT2D eigenvalue weighted by Crippen LogP contribution is -2.18. The molecule has 0 fully saturated rings. The van der Waals surface area contributed by atoms with E-state index in [-0.39, 0.29) is 6.04 Å². The Morgan fingerprint density at radius 3 is 2.35 bits per heavy atom. The summed E-state index contributed by atoms with van der Waals surface area (Å²) in [5, 5.41) is 7.75. The Morgan fingerprint density at radius 2 is 1.62 bits per heavy atom. The summed E-state index contributed by atoms with van der Waals surface area (Å²) >= 11 is 6.07. The van der Waals surface area contributed by atoms with Crippen molar-refractivity contribution >= 4 is 23.0 Å². The van der Waals surface area contributed by atoms with Crippen LogP contribution in [-0.2, 0) is 0 Å². The van der Waals surface area contributed by atoms with E-state index in [1.165, 1.54) is 5.56 Å². The van der Waals surface area contributed by atoms with Crippen molar-refractivity contribution in [2.24, 2.45) is 5.10 Å². The van der Waals surface area contributed by atoms with E-state index in [4.69, 9.17) is 21.4 Å². The lowest BCUT2D eigenvalue weighted by Gasteiger charge is -2.24. The van der Waals surface area contributed by atoms with Crippen LogP contribution >= 0.6 is 11.6 Å². The van der Waals surface area contributed by atoms with Crippen molar-refractivity contribution in [1.82, 2.24) is 0 Å². The van der Waals surface area contributed by atoms with Gasteiger partial charge in [0.25, 0.3) is 0 Å². The first kappa shape index (κ1) is 16.7. The van der Waals surface area contributed by atoms with Gasteiger partial charge < -0.3 is 4.74 Å². The first-order chi connectivity index (χ1) is 12.8. The van der Waals surface area contributed by atoms with Crippen molar-refractivity contribution in [3.05, 3.63) is 95.0 Å². The normalized spacial score (nSPS) is 16.5. The summed E-state index contributed by atoms with van der Waals surface area (Å²) in [5.74, 6) is 0.844. The Kier molecular flexibility index (Phi) is 4.63. The molecule has 0 bridgehead atoms. The number of nitrogens with zero attached hydrogens (tertiary/aromatic N) is 2. The van der Waals surface area contributed by atoms with Crippen LogP contribution < -0.4 is 9.75 Å². The molecule has 1 aliphatic rings. The largest absolute Gasteiger partial charge is 0.496 e. The van der Waals surface area contributed by atoms with Gasteiger partial charge in [0.2, 0.25) is 0 Å². The third-order valence-electron chi connectivity index (χ3n) is 4.60. The smallest absolute Gasteiger partial charge is 0.127 e. The van der Waals surface area contributed by atoms with Crippen molar-refractivity contribution in [3.8, 4) is 5.75 Å². The van der Waals surface area contributed by atoms with Crippen LogP contribution in [0.15, 0.2) is 84.0 Å². The summed E-state index contributed by atoms with van der Waals surface area (Å²) in [7, 11) is 1.69. The van der Waals surface area contributed by atoms with E-state index in [9.17, 15) is 0 Å². The molecule has 4 heteroatoms. The zero-order chi connectivity index (χ0) is 17.9. The molecular formula is C22H19ClN2O. The third-order valence-corrected chi connectivity index (χ3v) is 4.86. The van der Waals surface area contributed by atoms with Crippen molar-refractivity contribution < 1.29 is 4.74 Å².